The van der Waals surface area contributed by atoms with Crippen LogP contribution in [0, 0.1) is 27.9 Å². The van der Waals surface area contributed by atoms with E-state index < -0.39 is 149 Å². The van der Waals surface area contributed by atoms with Crippen LogP contribution in [0.15, 0.2) is 110 Å². The van der Waals surface area contributed by atoms with E-state index in [1.165, 1.54) is 94.2 Å². The van der Waals surface area contributed by atoms with Gasteiger partial charge in [-0.15, -0.1) is 0 Å². The van der Waals surface area contributed by atoms with Crippen molar-refractivity contribution in [3.63, 3.8) is 0 Å². The number of amides is 14. The fraction of sp³-hybridized carbons (Fsp3) is 0.430. The van der Waals surface area contributed by atoms with Crippen molar-refractivity contribution in [2.24, 2.45) is 16.2 Å². The summed E-state index contributed by atoms with van der Waals surface area (Å²) in [6.07, 6.45) is 0.181. The van der Waals surface area contributed by atoms with E-state index in [4.69, 9.17) is 51.4 Å². The summed E-state index contributed by atoms with van der Waals surface area (Å²) in [6, 6.07) is 22.7. The summed E-state index contributed by atoms with van der Waals surface area (Å²) in [5.74, 6) is -6.86. The Morgan fingerprint density at radius 1 is 0.478 bits per heavy atom. The molecule has 9 aliphatic rings. The molecule has 0 spiro atoms. The number of furan rings is 3. The molecule has 0 aliphatic carbocycles. The normalized spacial score (nSPS) is 21.3. The van der Waals surface area contributed by atoms with Crippen molar-refractivity contribution >= 4 is 134 Å². The number of aliphatic hydroxyl groups excluding tert-OH is 2. The first-order valence-electron chi connectivity index (χ1n) is 43.5. The maximum atomic E-state index is 15.3. The Balaban J connectivity index is 0.000000148. The van der Waals surface area contributed by atoms with Crippen molar-refractivity contribution in [3.8, 4) is 17.2 Å². The van der Waals surface area contributed by atoms with Gasteiger partial charge in [0.1, 0.15) is 57.0 Å². The quantitative estimate of drug-likeness (QED) is 0.0285. The number of aliphatic hydroxyl groups is 2. The summed E-state index contributed by atoms with van der Waals surface area (Å²) in [5.41, 5.74) is -5.19. The second kappa shape index (κ2) is 35.6. The van der Waals surface area contributed by atoms with Gasteiger partial charge in [0.25, 0.3) is 35.4 Å². The second-order valence-corrected chi connectivity index (χ2v) is 37.4. The van der Waals surface area contributed by atoms with E-state index >= 15 is 8.78 Å². The smallest absolute Gasteiger partial charge is 0.330 e. The van der Waals surface area contributed by atoms with Gasteiger partial charge in [-0.25, -0.2) is 52.8 Å². The molecule has 0 saturated carbocycles. The molecule has 6 fully saturated rings. The molecule has 9 aromatic rings. The van der Waals surface area contributed by atoms with Crippen LogP contribution in [0.4, 0.5) is 40.6 Å². The molecule has 0 unspecified atom stereocenters. The number of nitrogens with zero attached hydrogens (tertiary/aromatic N) is 13. The zero-order chi connectivity index (χ0) is 97.8. The van der Waals surface area contributed by atoms with E-state index in [9.17, 15) is 77.3 Å². The summed E-state index contributed by atoms with van der Waals surface area (Å²) < 4.78 is 85.5. The number of esters is 3. The van der Waals surface area contributed by atoms with Crippen LogP contribution in [0.1, 0.15) is 153 Å². The van der Waals surface area contributed by atoms with Gasteiger partial charge in [0.15, 0.2) is 76.7 Å². The van der Waals surface area contributed by atoms with Crippen molar-refractivity contribution in [2.45, 2.75) is 143 Å². The Hall–Kier alpha value is -14.8. The molecule has 6 aromatic heterocycles. The van der Waals surface area contributed by atoms with Crippen LogP contribution < -0.4 is 39.5 Å². The molecule has 716 valence electrons. The minimum atomic E-state index is -2.02. The van der Waals surface area contributed by atoms with Crippen molar-refractivity contribution in [2.75, 3.05) is 116 Å². The number of hydrogen-bond donors (Lipinski definition) is 4. The van der Waals surface area contributed by atoms with Crippen molar-refractivity contribution in [3.05, 3.63) is 159 Å². The van der Waals surface area contributed by atoms with E-state index in [1.807, 2.05) is 6.07 Å². The zero-order valence-electron chi connectivity index (χ0n) is 76.8. The highest BCUT2D eigenvalue weighted by molar-refractivity contribution is 6.12. The van der Waals surface area contributed by atoms with Crippen LogP contribution >= 0.6 is 0 Å². The van der Waals surface area contributed by atoms with E-state index in [1.54, 1.807) is 124 Å². The van der Waals surface area contributed by atoms with Gasteiger partial charge in [0.05, 0.1) is 113 Å². The largest absolute Gasteiger partial charge is 0.497 e. The highest BCUT2D eigenvalue weighted by Gasteiger charge is 2.63. The molecule has 136 heavy (non-hydrogen) atoms. The molecule has 9 aliphatic heterocycles. The van der Waals surface area contributed by atoms with Crippen molar-refractivity contribution in [1.29, 1.82) is 0 Å². The fourth-order valence-corrected chi connectivity index (χ4v) is 17.4. The summed E-state index contributed by atoms with van der Waals surface area (Å²) in [4.78, 5) is 212. The number of β-amino-alcohol motifs (C(OH)–C–C–N with tert-alkyl or cyclic N) is 2. The highest BCUT2D eigenvalue weighted by atomic mass is 19.1. The van der Waals surface area contributed by atoms with Gasteiger partial charge in [0, 0.05) is 70.6 Å². The Labute approximate surface area is 774 Å². The van der Waals surface area contributed by atoms with E-state index in [-0.39, 0.29) is 156 Å². The number of hydrogen-bond acceptors (Lipinski definition) is 30. The number of nitrogens with one attached hydrogen (secondary N) is 2. The number of carbonyl (C=O) groups is 14. The number of anilines is 3. The number of piperidine rings is 1. The predicted octanol–water partition coefficient (Wildman–Crippen LogP) is 7.79. The number of carbonyl (C=O) groups excluding carboxylic acids is 14. The highest BCUT2D eigenvalue weighted by Crippen LogP contribution is 2.46. The topological polar surface area (TPSA) is 479 Å². The van der Waals surface area contributed by atoms with Crippen LogP contribution in [-0.2, 0) is 93.6 Å². The molecule has 0 radical (unpaired) electrons. The standard InChI is InChI=1S/C33H38FN5O8.C30H30FN5O9.C30H31N5O9/c1-32(2,3)30(42)46-18-39-29(41)33(36(4)31(39)43,17-38-16-19-7-8-23(45-6)27(34)26(19)28(38)40)24-15-21-22(47-24)9-10-25(35-21)37-13-11-20(44-5)12-14-37;1-29(2,3)27(41)44-14-36-26(40)30(33-28(36)42,13-34-11-15-5-6-19(43-4)24(31)23(15)25(34)39)20-10-17-18(45-20)7-8-21(32-17)35-12-16(37)9-22(35)38;1-29(2,3)27(40)43-15-35-26(39)30(32-28(35)41,14-33-12-16-5-6-18(42-4)10-19(16)25(33)38)22-11-20-21(44-22)7-8-23(31-20)34-13-17(36)9-24(34)37/h7-10,15,20H,11-14,16-18H2,1-6H3;5-8,10,16,37H,9,11-14H2,1-4H3,(H,33,42);5-8,10-11,17,36H,9,12-15H2,1-4H3,(H,32,41)/t33-;16-,30-;17-,30-/m000/s1. The number of likely N-dealkylation sites (N-methyl/N-ethyl adjacent to an activating group) is 1. The molecule has 5 atom stereocenters. The van der Waals surface area contributed by atoms with E-state index in [0.717, 1.165) is 41.5 Å². The lowest BCUT2D eigenvalue weighted by molar-refractivity contribution is -0.160. The van der Waals surface area contributed by atoms with E-state index in [2.05, 4.69) is 25.5 Å². The third kappa shape index (κ3) is 17.0. The summed E-state index contributed by atoms with van der Waals surface area (Å²) >= 11 is 0. The molecule has 14 amide bonds. The molecule has 18 rings (SSSR count). The molecule has 15 heterocycles. The predicted molar refractivity (Wildman–Crippen MR) is 470 cm³/mol. The maximum Gasteiger partial charge on any atom is 0.330 e. The average molecular weight is 1880 g/mol. The lowest BCUT2D eigenvalue weighted by Gasteiger charge is -2.34. The van der Waals surface area contributed by atoms with Crippen LogP contribution in [-0.4, -0.2) is 263 Å². The average Bonchev–Trinajstić information content (AvgIpc) is 1.57. The summed E-state index contributed by atoms with van der Waals surface area (Å²) in [7, 11) is 7.18. The van der Waals surface area contributed by atoms with Gasteiger partial charge < -0.3 is 91.8 Å². The lowest BCUT2D eigenvalue weighted by Crippen LogP contribution is -2.53. The summed E-state index contributed by atoms with van der Waals surface area (Å²) in [5, 5.41) is 25.1. The lowest BCUT2D eigenvalue weighted by atomic mass is 9.93. The van der Waals surface area contributed by atoms with Crippen LogP contribution in [0.3, 0.4) is 0 Å². The minimum Gasteiger partial charge on any atom is -0.497 e. The minimum absolute atomic E-state index is 0.00531. The molecule has 43 heteroatoms. The second-order valence-electron chi connectivity index (χ2n) is 37.4. The van der Waals surface area contributed by atoms with Crippen LogP contribution in [0.2, 0.25) is 0 Å². The van der Waals surface area contributed by atoms with E-state index in [0.29, 0.717) is 44.0 Å². The Morgan fingerprint density at radius 3 is 1.29 bits per heavy atom. The number of imide groups is 3. The third-order valence-corrected chi connectivity index (χ3v) is 25.1. The monoisotopic (exact) mass is 1880 g/mol. The molecule has 0 bridgehead atoms. The number of urea groups is 3. The van der Waals surface area contributed by atoms with Crippen molar-refractivity contribution < 1.29 is 133 Å². The molecular formula is C93H99F2N15O26. The number of aromatic nitrogens is 3. The number of pyridine rings is 3. The number of fused-ring (bicyclic) bond motifs is 6. The Bertz CT molecular complexity index is 6480. The number of methoxy groups -OCH3 is 4. The molecule has 3 aromatic carbocycles. The van der Waals surface area contributed by atoms with Crippen molar-refractivity contribution in [1.82, 2.24) is 59.9 Å². The molecule has 4 N–H and O–H groups in total. The van der Waals surface area contributed by atoms with Gasteiger partial charge in [0.2, 0.25) is 11.8 Å². The molecule has 41 nitrogen and oxygen atoms in total. The van der Waals surface area contributed by atoms with Gasteiger partial charge >= 0.3 is 36.0 Å². The van der Waals surface area contributed by atoms with Crippen LogP contribution in [0.25, 0.3) is 33.3 Å². The number of ether oxygens (including phenoxy) is 7. The number of rotatable bonds is 22. The fourth-order valence-electron chi connectivity index (χ4n) is 17.4. The Morgan fingerprint density at radius 2 is 0.875 bits per heavy atom. The van der Waals surface area contributed by atoms with Gasteiger partial charge in [-0.1, -0.05) is 18.2 Å². The molecule has 6 saturated heterocycles. The van der Waals surface area contributed by atoms with Gasteiger partial charge in [-0.3, -0.25) is 62.5 Å². The zero-order valence-corrected chi connectivity index (χ0v) is 76.8. The number of halogens is 2. The SMILES string of the molecule is COc1ccc2c(c1)C(=O)N(C[C@@]1(c3cc4nc(N5C[C@@H](O)CC5=O)ccc4o3)NC(=O)N(COC(=O)C(C)(C)C)C1=O)C2.COc1ccc2c(c1F)C(=O)N(C[C@@]1(c3cc4nc(N5C[C@@H](O)CC5=O)ccc4o3)NC(=O)N(COC(=O)C(C)(C)C)C1=O)C2.COc1ccc2c(c1F)C(=O)N(C[C@]1(c3cc4nc(N5CCC(OC)CC5)ccc4o3)C(=O)N(COC(=O)C(C)(C)C)C(=O)N1C)C2. The first kappa shape index (κ1) is 94.4. The first-order chi connectivity index (χ1) is 64.3. The summed E-state index contributed by atoms with van der Waals surface area (Å²) in [6.45, 7) is 13.3. The number of benzene rings is 3. The van der Waals surface area contributed by atoms with Gasteiger partial charge in [-0.05, 0) is 153 Å². The molecular weight excluding hydrogens is 1780 g/mol. The first-order valence-corrected chi connectivity index (χ1v) is 43.5. The Kier molecular flexibility index (Phi) is 24.7. The van der Waals surface area contributed by atoms with Crippen LogP contribution in [0.5, 0.6) is 17.2 Å². The van der Waals surface area contributed by atoms with Gasteiger partial charge in [-0.2, -0.15) is 0 Å². The third-order valence-electron chi connectivity index (χ3n) is 25.1. The maximum absolute atomic E-state index is 15.3.